The fraction of sp³-hybridized carbons (Fsp3) is 0.133. The number of aromatic amines is 1. The molecule has 0 radical (unpaired) electrons. The quantitative estimate of drug-likeness (QED) is 0.705. The van der Waals surface area contributed by atoms with Crippen LogP contribution in [0, 0.1) is 0 Å². The maximum absolute atomic E-state index is 5.82. The van der Waals surface area contributed by atoms with Crippen LogP contribution < -0.4 is 0 Å². The van der Waals surface area contributed by atoms with Gasteiger partial charge in [-0.2, -0.15) is 0 Å². The molecule has 3 rings (SSSR count). The highest BCUT2D eigenvalue weighted by atomic mass is 35.5. The highest BCUT2D eigenvalue weighted by Crippen LogP contribution is 2.23. The number of alkyl halides is 1. The second-order valence-electron chi connectivity index (χ2n) is 4.20. The van der Waals surface area contributed by atoms with Crippen molar-refractivity contribution >= 4 is 22.6 Å². The standard InChI is InChI=1S/C15H13ClN2/c16-10-9-11-7-4-8-13-14(11)18-15(17-13)12-5-2-1-3-6-12/h1-8H,9-10H2,(H,17,18). The van der Waals surface area contributed by atoms with Gasteiger partial charge in [0.25, 0.3) is 0 Å². The Hall–Kier alpha value is -1.80. The molecular formula is C15H13ClN2. The SMILES string of the molecule is ClCCc1cccc2[nH]c(-c3ccccc3)nc12. The maximum Gasteiger partial charge on any atom is 0.138 e. The Morgan fingerprint density at radius 3 is 2.61 bits per heavy atom. The summed E-state index contributed by atoms with van der Waals surface area (Å²) >= 11 is 5.82. The van der Waals surface area contributed by atoms with Crippen molar-refractivity contribution in [3.63, 3.8) is 0 Å². The average Bonchev–Trinajstić information content (AvgIpc) is 2.85. The lowest BCUT2D eigenvalue weighted by Gasteiger charge is -1.97. The minimum atomic E-state index is 0.618. The van der Waals surface area contributed by atoms with Crippen LogP contribution in [0.1, 0.15) is 5.56 Å². The van der Waals surface area contributed by atoms with E-state index in [4.69, 9.17) is 11.6 Å². The van der Waals surface area contributed by atoms with E-state index in [-0.39, 0.29) is 0 Å². The number of rotatable bonds is 3. The molecule has 3 aromatic rings. The number of nitrogens with zero attached hydrogens (tertiary/aromatic N) is 1. The van der Waals surface area contributed by atoms with Gasteiger partial charge >= 0.3 is 0 Å². The van der Waals surface area contributed by atoms with E-state index < -0.39 is 0 Å². The smallest absolute Gasteiger partial charge is 0.138 e. The zero-order valence-corrected chi connectivity index (χ0v) is 10.6. The van der Waals surface area contributed by atoms with Gasteiger partial charge in [-0.15, -0.1) is 11.6 Å². The normalized spacial score (nSPS) is 10.9. The Morgan fingerprint density at radius 1 is 1.00 bits per heavy atom. The zero-order valence-electron chi connectivity index (χ0n) is 9.86. The summed E-state index contributed by atoms with van der Waals surface area (Å²) in [7, 11) is 0. The molecule has 2 nitrogen and oxygen atoms in total. The van der Waals surface area contributed by atoms with Crippen LogP contribution in [0.3, 0.4) is 0 Å². The first-order valence-electron chi connectivity index (χ1n) is 5.97. The topological polar surface area (TPSA) is 28.7 Å². The molecule has 0 saturated heterocycles. The van der Waals surface area contributed by atoms with Crippen LogP contribution in [0.25, 0.3) is 22.4 Å². The van der Waals surface area contributed by atoms with E-state index in [9.17, 15) is 0 Å². The molecule has 0 spiro atoms. The lowest BCUT2D eigenvalue weighted by molar-refractivity contribution is 1.16. The number of benzene rings is 2. The van der Waals surface area contributed by atoms with Crippen molar-refractivity contribution in [3.05, 3.63) is 54.1 Å². The number of hydrogen-bond donors (Lipinski definition) is 1. The van der Waals surface area contributed by atoms with Crippen molar-refractivity contribution in [3.8, 4) is 11.4 Å². The molecule has 0 saturated carbocycles. The third-order valence-electron chi connectivity index (χ3n) is 3.01. The van der Waals surface area contributed by atoms with Gasteiger partial charge in [0.1, 0.15) is 5.82 Å². The van der Waals surface area contributed by atoms with Gasteiger partial charge in [0.05, 0.1) is 11.0 Å². The van der Waals surface area contributed by atoms with Gasteiger partial charge in [-0.05, 0) is 18.1 Å². The predicted molar refractivity (Wildman–Crippen MR) is 76.0 cm³/mol. The Kier molecular flexibility index (Phi) is 3.03. The van der Waals surface area contributed by atoms with Crippen molar-refractivity contribution in [1.29, 1.82) is 0 Å². The van der Waals surface area contributed by atoms with Gasteiger partial charge in [0, 0.05) is 11.4 Å². The fourth-order valence-electron chi connectivity index (χ4n) is 2.13. The monoisotopic (exact) mass is 256 g/mol. The second kappa shape index (κ2) is 4.83. The zero-order chi connectivity index (χ0) is 12.4. The van der Waals surface area contributed by atoms with Gasteiger partial charge in [-0.25, -0.2) is 4.98 Å². The second-order valence-corrected chi connectivity index (χ2v) is 4.58. The lowest BCUT2D eigenvalue weighted by atomic mass is 10.1. The van der Waals surface area contributed by atoms with Crippen LogP contribution in [-0.2, 0) is 6.42 Å². The lowest BCUT2D eigenvalue weighted by Crippen LogP contribution is -1.87. The van der Waals surface area contributed by atoms with Gasteiger partial charge < -0.3 is 4.98 Å². The number of hydrogen-bond acceptors (Lipinski definition) is 1. The van der Waals surface area contributed by atoms with Crippen LogP contribution in [0.15, 0.2) is 48.5 Å². The van der Waals surface area contributed by atoms with Gasteiger partial charge in [-0.3, -0.25) is 0 Å². The molecule has 1 N–H and O–H groups in total. The Bertz CT molecular complexity index is 659. The number of nitrogens with one attached hydrogen (secondary N) is 1. The summed E-state index contributed by atoms with van der Waals surface area (Å²) in [4.78, 5) is 8.04. The van der Waals surface area contributed by atoms with E-state index >= 15 is 0 Å². The predicted octanol–water partition coefficient (Wildman–Crippen LogP) is 4.01. The molecule has 0 aliphatic heterocycles. The summed E-state index contributed by atoms with van der Waals surface area (Å²) in [6.45, 7) is 0. The first-order valence-corrected chi connectivity index (χ1v) is 6.51. The molecule has 1 heterocycles. The summed E-state index contributed by atoms with van der Waals surface area (Å²) in [5, 5.41) is 0. The minimum absolute atomic E-state index is 0.618. The Morgan fingerprint density at radius 2 is 1.83 bits per heavy atom. The summed E-state index contributed by atoms with van der Waals surface area (Å²) in [5.74, 6) is 1.53. The van der Waals surface area contributed by atoms with Crippen LogP contribution in [0.2, 0.25) is 0 Å². The third-order valence-corrected chi connectivity index (χ3v) is 3.20. The van der Waals surface area contributed by atoms with Crippen LogP contribution >= 0.6 is 11.6 Å². The molecule has 0 bridgehead atoms. The van der Waals surface area contributed by atoms with Crippen LogP contribution in [-0.4, -0.2) is 15.8 Å². The first kappa shape index (κ1) is 11.3. The number of aromatic nitrogens is 2. The van der Waals surface area contributed by atoms with Crippen molar-refractivity contribution in [2.75, 3.05) is 5.88 Å². The molecule has 2 aromatic carbocycles. The first-order chi connectivity index (χ1) is 8.88. The van der Waals surface area contributed by atoms with E-state index in [1.165, 1.54) is 5.56 Å². The molecular weight excluding hydrogens is 244 g/mol. The van der Waals surface area contributed by atoms with E-state index in [1.807, 2.05) is 30.3 Å². The Labute approximate surface area is 111 Å². The Balaban J connectivity index is 2.14. The minimum Gasteiger partial charge on any atom is -0.338 e. The molecule has 90 valence electrons. The van der Waals surface area contributed by atoms with E-state index in [0.717, 1.165) is 28.8 Å². The largest absolute Gasteiger partial charge is 0.338 e. The van der Waals surface area contributed by atoms with E-state index in [2.05, 4.69) is 28.2 Å². The van der Waals surface area contributed by atoms with E-state index in [0.29, 0.717) is 5.88 Å². The number of fused-ring (bicyclic) bond motifs is 1. The molecule has 0 fully saturated rings. The van der Waals surface area contributed by atoms with Gasteiger partial charge in [0.15, 0.2) is 0 Å². The van der Waals surface area contributed by atoms with Crippen LogP contribution in [0.5, 0.6) is 0 Å². The van der Waals surface area contributed by atoms with Crippen molar-refractivity contribution < 1.29 is 0 Å². The van der Waals surface area contributed by atoms with E-state index in [1.54, 1.807) is 0 Å². The summed E-state index contributed by atoms with van der Waals surface area (Å²) in [6, 6.07) is 16.3. The molecule has 0 aliphatic rings. The number of imidazole rings is 1. The molecule has 0 unspecified atom stereocenters. The van der Waals surface area contributed by atoms with Gasteiger partial charge in [0.2, 0.25) is 0 Å². The fourth-order valence-corrected chi connectivity index (χ4v) is 2.33. The molecule has 18 heavy (non-hydrogen) atoms. The third kappa shape index (κ3) is 2.00. The summed E-state index contributed by atoms with van der Waals surface area (Å²) in [6.07, 6.45) is 0.845. The van der Waals surface area contributed by atoms with Crippen molar-refractivity contribution in [2.24, 2.45) is 0 Å². The molecule has 1 aromatic heterocycles. The molecule has 3 heteroatoms. The van der Waals surface area contributed by atoms with Crippen molar-refractivity contribution in [2.45, 2.75) is 6.42 Å². The van der Waals surface area contributed by atoms with Crippen molar-refractivity contribution in [1.82, 2.24) is 9.97 Å². The average molecular weight is 257 g/mol. The molecule has 0 aliphatic carbocycles. The number of H-pyrrole nitrogens is 1. The number of para-hydroxylation sites is 1. The van der Waals surface area contributed by atoms with Crippen LogP contribution in [0.4, 0.5) is 0 Å². The molecule has 0 atom stereocenters. The summed E-state index contributed by atoms with van der Waals surface area (Å²) in [5.41, 5.74) is 4.39. The highest BCUT2D eigenvalue weighted by Gasteiger charge is 2.07. The number of halogens is 1. The van der Waals surface area contributed by atoms with Gasteiger partial charge in [-0.1, -0.05) is 42.5 Å². The number of aryl methyl sites for hydroxylation is 1. The molecule has 0 amide bonds. The summed E-state index contributed by atoms with van der Waals surface area (Å²) < 4.78 is 0. The highest BCUT2D eigenvalue weighted by molar-refractivity contribution is 6.18. The maximum atomic E-state index is 5.82.